The number of aliphatic hydroxyl groups is 1. The van der Waals surface area contributed by atoms with Crippen LogP contribution < -0.4 is 19.1 Å². The van der Waals surface area contributed by atoms with E-state index in [1.54, 1.807) is 43.3 Å². The van der Waals surface area contributed by atoms with E-state index in [2.05, 4.69) is 5.16 Å². The molecule has 0 aliphatic carbocycles. The van der Waals surface area contributed by atoms with Crippen molar-refractivity contribution >= 4 is 34.9 Å². The number of aliphatic hydroxyl groups excluding tert-OH is 1. The number of rotatable bonds is 6. The fourth-order valence-corrected chi connectivity index (χ4v) is 4.00. The second-order valence-corrected chi connectivity index (χ2v) is 7.87. The molecule has 1 amide bonds. The van der Waals surface area contributed by atoms with Gasteiger partial charge in [-0.2, -0.15) is 0 Å². The topological polar surface area (TPSA) is 111 Å². The van der Waals surface area contributed by atoms with Crippen LogP contribution in [0.3, 0.4) is 0 Å². The Hall–Kier alpha value is -3.98. The minimum atomic E-state index is -1.06. The molecule has 1 saturated heterocycles. The molecule has 2 heterocycles. The van der Waals surface area contributed by atoms with Crippen molar-refractivity contribution in [1.29, 1.82) is 0 Å². The quantitative estimate of drug-likeness (QED) is 0.313. The minimum absolute atomic E-state index is 0.119. The summed E-state index contributed by atoms with van der Waals surface area (Å²) in [6, 6.07) is 9.92. The molecule has 1 aliphatic heterocycles. The SMILES string of the molecule is COc1cc(C2/C(=C(\O)c3ccc(Cl)cc3)C(=O)C(=O)N2c2cc(C)on2)cc(OC)c1OC. The molecular weight excluding hydrogens is 464 g/mol. The van der Waals surface area contributed by atoms with Crippen molar-refractivity contribution in [2.24, 2.45) is 0 Å². The van der Waals surface area contributed by atoms with Gasteiger partial charge in [-0.15, -0.1) is 0 Å². The zero-order valence-corrected chi connectivity index (χ0v) is 19.5. The molecule has 0 radical (unpaired) electrons. The molecule has 1 aliphatic rings. The van der Waals surface area contributed by atoms with Gasteiger partial charge in [0.25, 0.3) is 5.78 Å². The first kappa shape index (κ1) is 23.2. The Morgan fingerprint density at radius 1 is 1.03 bits per heavy atom. The van der Waals surface area contributed by atoms with E-state index in [1.807, 2.05) is 0 Å². The molecule has 10 heteroatoms. The zero-order chi connectivity index (χ0) is 24.6. The van der Waals surface area contributed by atoms with E-state index in [1.165, 1.54) is 32.3 Å². The Bertz CT molecular complexity index is 1270. The van der Waals surface area contributed by atoms with Crippen molar-refractivity contribution in [1.82, 2.24) is 5.16 Å². The Balaban J connectivity index is 2.00. The number of ether oxygens (including phenoxy) is 3. The predicted molar refractivity (Wildman–Crippen MR) is 124 cm³/mol. The highest BCUT2D eigenvalue weighted by molar-refractivity contribution is 6.51. The van der Waals surface area contributed by atoms with Gasteiger partial charge in [0.1, 0.15) is 11.5 Å². The number of benzene rings is 2. The molecule has 176 valence electrons. The molecule has 0 saturated carbocycles. The summed E-state index contributed by atoms with van der Waals surface area (Å²) in [7, 11) is 4.37. The van der Waals surface area contributed by atoms with Gasteiger partial charge in [-0.25, -0.2) is 0 Å². The van der Waals surface area contributed by atoms with E-state index in [9.17, 15) is 14.7 Å². The maximum Gasteiger partial charge on any atom is 0.301 e. The summed E-state index contributed by atoms with van der Waals surface area (Å²) < 4.78 is 21.4. The average molecular weight is 485 g/mol. The Morgan fingerprint density at radius 3 is 2.15 bits per heavy atom. The lowest BCUT2D eigenvalue weighted by Crippen LogP contribution is -2.29. The van der Waals surface area contributed by atoms with E-state index in [0.717, 1.165) is 0 Å². The van der Waals surface area contributed by atoms with Crippen molar-refractivity contribution in [3.8, 4) is 17.2 Å². The van der Waals surface area contributed by atoms with Crippen LogP contribution in [-0.4, -0.2) is 43.3 Å². The number of carbonyl (C=O) groups excluding carboxylic acids is 2. The molecule has 0 spiro atoms. The van der Waals surface area contributed by atoms with Gasteiger partial charge in [0.15, 0.2) is 17.3 Å². The summed E-state index contributed by atoms with van der Waals surface area (Å²) in [5.41, 5.74) is 0.600. The lowest BCUT2D eigenvalue weighted by Gasteiger charge is -2.24. The third-order valence-electron chi connectivity index (χ3n) is 5.43. The fraction of sp³-hybridized carbons (Fsp3) is 0.208. The van der Waals surface area contributed by atoms with Gasteiger partial charge in [0.05, 0.1) is 32.9 Å². The maximum atomic E-state index is 13.2. The highest BCUT2D eigenvalue weighted by Crippen LogP contribution is 2.47. The first-order valence-electron chi connectivity index (χ1n) is 10.1. The minimum Gasteiger partial charge on any atom is -0.507 e. The van der Waals surface area contributed by atoms with Crippen LogP contribution in [0.2, 0.25) is 5.02 Å². The summed E-state index contributed by atoms with van der Waals surface area (Å²) >= 11 is 5.97. The predicted octanol–water partition coefficient (Wildman–Crippen LogP) is 4.29. The molecule has 1 N–H and O–H groups in total. The molecule has 1 aromatic heterocycles. The number of nitrogens with zero attached hydrogens (tertiary/aromatic N) is 2. The molecule has 9 nitrogen and oxygen atoms in total. The number of aryl methyl sites for hydroxylation is 1. The fourth-order valence-electron chi connectivity index (χ4n) is 3.87. The van der Waals surface area contributed by atoms with Crippen LogP contribution in [0.15, 0.2) is 52.6 Å². The van der Waals surface area contributed by atoms with Crippen molar-refractivity contribution in [3.63, 3.8) is 0 Å². The van der Waals surface area contributed by atoms with Gasteiger partial charge >= 0.3 is 5.91 Å². The maximum absolute atomic E-state index is 13.2. The summed E-state index contributed by atoms with van der Waals surface area (Å²) in [4.78, 5) is 27.6. The van der Waals surface area contributed by atoms with E-state index < -0.39 is 17.7 Å². The van der Waals surface area contributed by atoms with E-state index in [-0.39, 0.29) is 17.2 Å². The Labute approximate surface area is 200 Å². The number of methoxy groups -OCH3 is 3. The normalized spacial score (nSPS) is 17.2. The second kappa shape index (κ2) is 9.11. The van der Waals surface area contributed by atoms with Crippen LogP contribution in [0.25, 0.3) is 5.76 Å². The average Bonchev–Trinajstić information content (AvgIpc) is 3.38. The Kier molecular flexibility index (Phi) is 6.21. The van der Waals surface area contributed by atoms with Crippen LogP contribution in [0, 0.1) is 6.92 Å². The van der Waals surface area contributed by atoms with Crippen molar-refractivity contribution in [2.75, 3.05) is 26.2 Å². The zero-order valence-electron chi connectivity index (χ0n) is 18.8. The molecule has 34 heavy (non-hydrogen) atoms. The number of carbonyl (C=O) groups is 2. The van der Waals surface area contributed by atoms with E-state index in [4.69, 9.17) is 30.3 Å². The number of hydrogen-bond acceptors (Lipinski definition) is 8. The molecular formula is C24H21ClN2O7. The highest BCUT2D eigenvalue weighted by Gasteiger charge is 2.48. The van der Waals surface area contributed by atoms with Gasteiger partial charge in [-0.05, 0) is 48.9 Å². The van der Waals surface area contributed by atoms with Gasteiger partial charge in [-0.1, -0.05) is 16.8 Å². The van der Waals surface area contributed by atoms with Crippen molar-refractivity contribution in [3.05, 3.63) is 69.9 Å². The van der Waals surface area contributed by atoms with Gasteiger partial charge in [0.2, 0.25) is 5.75 Å². The molecule has 1 atom stereocenters. The molecule has 0 bridgehead atoms. The van der Waals surface area contributed by atoms with Crippen LogP contribution in [-0.2, 0) is 9.59 Å². The van der Waals surface area contributed by atoms with E-state index in [0.29, 0.717) is 39.2 Å². The van der Waals surface area contributed by atoms with Crippen molar-refractivity contribution < 1.29 is 33.4 Å². The largest absolute Gasteiger partial charge is 0.507 e. The highest BCUT2D eigenvalue weighted by atomic mass is 35.5. The third-order valence-corrected chi connectivity index (χ3v) is 5.68. The van der Waals surface area contributed by atoms with Crippen molar-refractivity contribution in [2.45, 2.75) is 13.0 Å². The number of ketones is 1. The van der Waals surface area contributed by atoms with Gasteiger partial charge in [0, 0.05) is 16.7 Å². The lowest BCUT2D eigenvalue weighted by atomic mass is 9.94. The summed E-state index contributed by atoms with van der Waals surface area (Å²) in [6.07, 6.45) is 0. The molecule has 1 unspecified atom stereocenters. The molecule has 4 rings (SSSR count). The van der Waals surface area contributed by atoms with Crippen LogP contribution in [0.4, 0.5) is 5.82 Å². The number of anilines is 1. The summed E-state index contributed by atoms with van der Waals surface area (Å²) in [5.74, 6) is -0.603. The summed E-state index contributed by atoms with van der Waals surface area (Å²) in [6.45, 7) is 1.66. The van der Waals surface area contributed by atoms with Gasteiger partial charge < -0.3 is 23.8 Å². The number of aromatic nitrogens is 1. The number of amides is 1. The Morgan fingerprint density at radius 2 is 1.65 bits per heavy atom. The first-order valence-corrected chi connectivity index (χ1v) is 10.5. The standard InChI is InChI=1S/C24H21ClN2O7/c1-12-9-18(26-34-12)27-20(14-10-16(31-2)23(33-4)17(11-14)32-3)19(22(29)24(27)30)21(28)13-5-7-15(25)8-6-13/h5-11,20,28H,1-4H3/b21-19+. The second-order valence-electron chi connectivity index (χ2n) is 7.43. The van der Waals surface area contributed by atoms with E-state index >= 15 is 0 Å². The smallest absolute Gasteiger partial charge is 0.301 e. The monoisotopic (exact) mass is 484 g/mol. The number of hydrogen-bond donors (Lipinski definition) is 1. The van der Waals surface area contributed by atoms with Crippen LogP contribution in [0.5, 0.6) is 17.2 Å². The molecule has 3 aromatic rings. The lowest BCUT2D eigenvalue weighted by molar-refractivity contribution is -0.132. The van der Waals surface area contributed by atoms with Crippen LogP contribution in [0.1, 0.15) is 22.9 Å². The number of Topliss-reactive ketones (excluding diaryl/α,β-unsaturated/α-hetero) is 1. The first-order chi connectivity index (χ1) is 16.3. The molecule has 2 aromatic carbocycles. The number of halogens is 1. The van der Waals surface area contributed by atoms with Gasteiger partial charge in [-0.3, -0.25) is 14.5 Å². The van der Waals surface area contributed by atoms with Crippen LogP contribution >= 0.6 is 11.6 Å². The third kappa shape index (κ3) is 3.84. The summed E-state index contributed by atoms with van der Waals surface area (Å²) in [5, 5.41) is 15.5. The molecule has 1 fully saturated rings.